The summed E-state index contributed by atoms with van der Waals surface area (Å²) in [6, 6.07) is 5.29. The zero-order valence-electron chi connectivity index (χ0n) is 15.0. The van der Waals surface area contributed by atoms with Gasteiger partial charge in [-0.25, -0.2) is 4.98 Å². The van der Waals surface area contributed by atoms with Gasteiger partial charge in [0, 0.05) is 36.0 Å². The molecule has 1 aromatic heterocycles. The summed E-state index contributed by atoms with van der Waals surface area (Å²) in [6.45, 7) is 2.78. The average Bonchev–Trinajstić information content (AvgIpc) is 3.02. The van der Waals surface area contributed by atoms with Gasteiger partial charge in [-0.2, -0.15) is 0 Å². The normalized spacial score (nSPS) is 13.1. The number of carbonyl (C=O) groups is 2. The number of rotatable bonds is 3. The van der Waals surface area contributed by atoms with Gasteiger partial charge in [-0.3, -0.25) is 9.59 Å². The van der Waals surface area contributed by atoms with Crippen LogP contribution in [0.2, 0.25) is 0 Å². The van der Waals surface area contributed by atoms with Gasteiger partial charge in [0.25, 0.3) is 11.8 Å². The molecule has 0 fully saturated rings. The first-order chi connectivity index (χ1) is 12.9. The number of hydrogen-bond donors (Lipinski definition) is 2. The van der Waals surface area contributed by atoms with Crippen LogP contribution in [0.3, 0.4) is 0 Å². The van der Waals surface area contributed by atoms with E-state index >= 15 is 0 Å². The van der Waals surface area contributed by atoms with E-state index in [0.717, 1.165) is 4.88 Å². The number of aliphatic hydroxyl groups is 1. The molecule has 1 atom stereocenters. The van der Waals surface area contributed by atoms with Crippen molar-refractivity contribution in [3.05, 3.63) is 33.6 Å². The SMILES string of the molecule is CCN(C)C(=O)C(O)C#Cc1ccc2c(c1)-c1nc(C(N)=O)sc1CCO2. The third kappa shape index (κ3) is 3.94. The zero-order valence-corrected chi connectivity index (χ0v) is 15.8. The summed E-state index contributed by atoms with van der Waals surface area (Å²) in [5.41, 5.74) is 7.33. The Bertz CT molecular complexity index is 958. The number of primary amides is 1. The van der Waals surface area contributed by atoms with Crippen LogP contribution in [0.4, 0.5) is 0 Å². The fourth-order valence-electron chi connectivity index (χ4n) is 2.59. The molecular weight excluding hydrogens is 366 g/mol. The third-order valence-corrected chi connectivity index (χ3v) is 5.30. The summed E-state index contributed by atoms with van der Waals surface area (Å²) in [5, 5.41) is 10.2. The smallest absolute Gasteiger partial charge is 0.277 e. The Morgan fingerprint density at radius 1 is 1.48 bits per heavy atom. The largest absolute Gasteiger partial charge is 0.493 e. The third-order valence-electron chi connectivity index (χ3n) is 4.17. The number of fused-ring (bicyclic) bond motifs is 3. The van der Waals surface area contributed by atoms with E-state index in [1.165, 1.54) is 16.2 Å². The van der Waals surface area contributed by atoms with Gasteiger partial charge in [0.05, 0.1) is 12.3 Å². The van der Waals surface area contributed by atoms with Crippen molar-refractivity contribution in [1.82, 2.24) is 9.88 Å². The molecule has 2 aromatic rings. The minimum atomic E-state index is -1.39. The van der Waals surface area contributed by atoms with E-state index in [-0.39, 0.29) is 5.01 Å². The number of carbonyl (C=O) groups excluding carboxylic acids is 2. The van der Waals surface area contributed by atoms with Crippen molar-refractivity contribution < 1.29 is 19.4 Å². The van der Waals surface area contributed by atoms with Crippen LogP contribution in [0.5, 0.6) is 5.75 Å². The van der Waals surface area contributed by atoms with Gasteiger partial charge in [0.15, 0.2) is 11.1 Å². The number of ether oxygens (including phenoxy) is 1. The number of nitrogens with two attached hydrogens (primary N) is 1. The minimum absolute atomic E-state index is 0.257. The first-order valence-corrected chi connectivity index (χ1v) is 9.23. The Labute approximate surface area is 160 Å². The molecule has 1 unspecified atom stereocenters. The Hall–Kier alpha value is -2.89. The molecule has 27 heavy (non-hydrogen) atoms. The van der Waals surface area contributed by atoms with Crippen LogP contribution < -0.4 is 10.5 Å². The Balaban J connectivity index is 1.95. The van der Waals surface area contributed by atoms with E-state index in [4.69, 9.17) is 10.5 Å². The van der Waals surface area contributed by atoms with E-state index in [1.807, 2.05) is 6.92 Å². The molecule has 0 bridgehead atoms. The maximum absolute atomic E-state index is 11.9. The van der Waals surface area contributed by atoms with Crippen LogP contribution in [0.15, 0.2) is 18.2 Å². The topological polar surface area (TPSA) is 106 Å². The average molecular weight is 385 g/mol. The van der Waals surface area contributed by atoms with E-state index in [2.05, 4.69) is 16.8 Å². The summed E-state index contributed by atoms with van der Waals surface area (Å²) in [5.74, 6) is 5.01. The van der Waals surface area contributed by atoms with Crippen LogP contribution in [0.25, 0.3) is 11.3 Å². The Morgan fingerprint density at radius 2 is 2.26 bits per heavy atom. The van der Waals surface area contributed by atoms with Gasteiger partial charge >= 0.3 is 0 Å². The molecule has 1 aliphatic rings. The molecule has 140 valence electrons. The van der Waals surface area contributed by atoms with E-state index in [1.54, 1.807) is 25.2 Å². The lowest BCUT2D eigenvalue weighted by atomic mass is 10.1. The maximum atomic E-state index is 11.9. The second-order valence-electron chi connectivity index (χ2n) is 5.99. The number of aliphatic hydroxyl groups excluding tert-OH is 1. The van der Waals surface area contributed by atoms with Crippen LogP contribution in [0, 0.1) is 11.8 Å². The molecule has 2 amide bonds. The van der Waals surface area contributed by atoms with Gasteiger partial charge < -0.3 is 20.5 Å². The molecular formula is C19H19N3O4S. The van der Waals surface area contributed by atoms with Crippen molar-refractivity contribution in [2.24, 2.45) is 5.73 Å². The van der Waals surface area contributed by atoms with Crippen LogP contribution in [-0.4, -0.2) is 53.1 Å². The first kappa shape index (κ1) is 18.9. The van der Waals surface area contributed by atoms with Crippen molar-refractivity contribution in [1.29, 1.82) is 0 Å². The highest BCUT2D eigenvalue weighted by Crippen LogP contribution is 2.37. The Morgan fingerprint density at radius 3 is 2.96 bits per heavy atom. The number of benzene rings is 1. The molecule has 0 aliphatic carbocycles. The molecule has 0 radical (unpaired) electrons. The molecule has 3 rings (SSSR count). The van der Waals surface area contributed by atoms with E-state index < -0.39 is 17.9 Å². The van der Waals surface area contributed by atoms with Crippen LogP contribution in [0.1, 0.15) is 27.2 Å². The lowest BCUT2D eigenvalue weighted by Gasteiger charge is -2.15. The second-order valence-corrected chi connectivity index (χ2v) is 7.07. The molecule has 1 aliphatic heterocycles. The summed E-state index contributed by atoms with van der Waals surface area (Å²) in [7, 11) is 1.60. The van der Waals surface area contributed by atoms with Gasteiger partial charge in [-0.05, 0) is 25.1 Å². The molecule has 3 N–H and O–H groups in total. The first-order valence-electron chi connectivity index (χ1n) is 8.42. The molecule has 2 heterocycles. The van der Waals surface area contributed by atoms with Crippen LogP contribution >= 0.6 is 11.3 Å². The van der Waals surface area contributed by atoms with Crippen molar-refractivity contribution >= 4 is 23.2 Å². The van der Waals surface area contributed by atoms with Gasteiger partial charge in [-0.15, -0.1) is 11.3 Å². The number of thiazole rings is 1. The Kier molecular flexibility index (Phi) is 5.44. The summed E-state index contributed by atoms with van der Waals surface area (Å²) in [4.78, 5) is 30.0. The van der Waals surface area contributed by atoms with Crippen molar-refractivity contribution in [3.63, 3.8) is 0 Å². The molecule has 0 spiro atoms. The molecule has 0 saturated carbocycles. The number of nitrogens with zero attached hydrogens (tertiary/aromatic N) is 2. The maximum Gasteiger partial charge on any atom is 0.277 e. The lowest BCUT2D eigenvalue weighted by Crippen LogP contribution is -2.35. The highest BCUT2D eigenvalue weighted by atomic mass is 32.1. The number of likely N-dealkylation sites (N-methyl/N-ethyl adjacent to an activating group) is 1. The number of amides is 2. The summed E-state index contributed by atoms with van der Waals surface area (Å²) < 4.78 is 5.75. The molecule has 0 saturated heterocycles. The monoisotopic (exact) mass is 385 g/mol. The second kappa shape index (κ2) is 7.78. The zero-order chi connectivity index (χ0) is 19.6. The standard InChI is InChI=1S/C19H19N3O4S/c1-3-22(2)19(25)13(23)6-4-11-5-7-14-12(10-11)16-15(8-9-26-14)27-18(21-16)17(20)24/h5,7,10,13,23H,3,8-9H2,1-2H3,(H2,20,24). The quantitative estimate of drug-likeness (QED) is 0.768. The fourth-order valence-corrected chi connectivity index (χ4v) is 3.50. The predicted octanol–water partition coefficient (Wildman–Crippen LogP) is 1.03. The summed E-state index contributed by atoms with van der Waals surface area (Å²) >= 11 is 1.26. The number of aromatic nitrogens is 1. The van der Waals surface area contributed by atoms with E-state index in [9.17, 15) is 14.7 Å². The van der Waals surface area contributed by atoms with Crippen molar-refractivity contribution in [2.75, 3.05) is 20.2 Å². The lowest BCUT2D eigenvalue weighted by molar-refractivity contribution is -0.135. The summed E-state index contributed by atoms with van der Waals surface area (Å²) in [6.07, 6.45) is -0.756. The van der Waals surface area contributed by atoms with Gasteiger partial charge in [-0.1, -0.05) is 11.8 Å². The van der Waals surface area contributed by atoms with Crippen molar-refractivity contribution in [3.8, 4) is 28.8 Å². The van der Waals surface area contributed by atoms with E-state index in [0.29, 0.717) is 42.1 Å². The number of hydrogen-bond acceptors (Lipinski definition) is 6. The minimum Gasteiger partial charge on any atom is -0.493 e. The molecule has 8 heteroatoms. The highest BCUT2D eigenvalue weighted by molar-refractivity contribution is 7.14. The molecule has 1 aromatic carbocycles. The fraction of sp³-hybridized carbons (Fsp3) is 0.316. The van der Waals surface area contributed by atoms with Crippen LogP contribution in [-0.2, 0) is 11.2 Å². The van der Waals surface area contributed by atoms with Gasteiger partial charge in [0.1, 0.15) is 5.75 Å². The molecule has 7 nitrogen and oxygen atoms in total. The predicted molar refractivity (Wildman–Crippen MR) is 101 cm³/mol. The van der Waals surface area contributed by atoms with Crippen molar-refractivity contribution in [2.45, 2.75) is 19.4 Å². The highest BCUT2D eigenvalue weighted by Gasteiger charge is 2.22. The van der Waals surface area contributed by atoms with Gasteiger partial charge in [0.2, 0.25) is 0 Å².